The van der Waals surface area contributed by atoms with E-state index in [4.69, 9.17) is 5.73 Å². The number of carbonyl (C=O) groups excluding carboxylic acids is 1. The van der Waals surface area contributed by atoms with Crippen LogP contribution in [0, 0.1) is 6.92 Å². The minimum Gasteiger partial charge on any atom is -0.398 e. The first-order valence-corrected chi connectivity index (χ1v) is 7.15. The number of nitrogens with zero attached hydrogens (tertiary/aromatic N) is 1. The van der Waals surface area contributed by atoms with Crippen molar-refractivity contribution in [2.45, 2.75) is 31.7 Å². The average molecular weight is 268 g/mol. The highest BCUT2D eigenvalue weighted by Gasteiger charge is 2.17. The lowest BCUT2D eigenvalue weighted by molar-refractivity contribution is -0.128. The van der Waals surface area contributed by atoms with Crippen LogP contribution in [-0.2, 0) is 15.6 Å². The number of amides is 1. The predicted octanol–water partition coefficient (Wildman–Crippen LogP) is 1.55. The molecule has 0 radical (unpaired) electrons. The van der Waals surface area contributed by atoms with E-state index in [0.717, 1.165) is 5.56 Å². The topological polar surface area (TPSA) is 63.4 Å². The van der Waals surface area contributed by atoms with Gasteiger partial charge < -0.3 is 10.6 Å². The van der Waals surface area contributed by atoms with Gasteiger partial charge in [-0.2, -0.15) is 0 Å². The second-order valence-corrected chi connectivity index (χ2v) is 5.98. The zero-order valence-corrected chi connectivity index (χ0v) is 12.1. The second-order valence-electron chi connectivity index (χ2n) is 4.56. The molecule has 5 heteroatoms. The molecule has 0 saturated carbocycles. The molecular weight excluding hydrogens is 248 g/mol. The molecule has 0 aliphatic rings. The van der Waals surface area contributed by atoms with E-state index < -0.39 is 10.8 Å². The number of hydrogen-bond acceptors (Lipinski definition) is 3. The molecule has 0 bridgehead atoms. The summed E-state index contributed by atoms with van der Waals surface area (Å²) in [4.78, 5) is 14.1. The van der Waals surface area contributed by atoms with Gasteiger partial charge in [0.05, 0.1) is 10.8 Å². The maximum absolute atomic E-state index is 12.2. The SMILES string of the molecule is Cc1c(N)cccc1S(=O)CC(=O)N(C)C(C)C. The maximum atomic E-state index is 12.2. The molecule has 100 valence electrons. The van der Waals surface area contributed by atoms with Gasteiger partial charge in [0.2, 0.25) is 5.91 Å². The number of nitrogen functional groups attached to an aromatic ring is 1. The van der Waals surface area contributed by atoms with Crippen LogP contribution in [0.15, 0.2) is 23.1 Å². The van der Waals surface area contributed by atoms with Crippen LogP contribution in [-0.4, -0.2) is 33.9 Å². The van der Waals surface area contributed by atoms with Crippen molar-refractivity contribution >= 4 is 22.4 Å². The molecular formula is C13H20N2O2S. The van der Waals surface area contributed by atoms with Crippen LogP contribution in [0.25, 0.3) is 0 Å². The maximum Gasteiger partial charge on any atom is 0.235 e. The number of benzene rings is 1. The summed E-state index contributed by atoms with van der Waals surface area (Å²) < 4.78 is 12.2. The highest BCUT2D eigenvalue weighted by molar-refractivity contribution is 7.85. The Morgan fingerprint density at radius 2 is 2.06 bits per heavy atom. The molecule has 18 heavy (non-hydrogen) atoms. The summed E-state index contributed by atoms with van der Waals surface area (Å²) in [6, 6.07) is 5.38. The quantitative estimate of drug-likeness (QED) is 0.843. The van der Waals surface area contributed by atoms with Gasteiger partial charge in [-0.3, -0.25) is 9.00 Å². The molecule has 1 unspecified atom stereocenters. The average Bonchev–Trinajstić information content (AvgIpc) is 2.31. The number of anilines is 1. The van der Waals surface area contributed by atoms with Gasteiger partial charge in [-0.15, -0.1) is 0 Å². The highest BCUT2D eigenvalue weighted by Crippen LogP contribution is 2.19. The third-order valence-corrected chi connectivity index (χ3v) is 4.44. The molecule has 0 aromatic heterocycles. The molecule has 1 aromatic carbocycles. The van der Waals surface area contributed by atoms with Crippen LogP contribution in [0.5, 0.6) is 0 Å². The minimum absolute atomic E-state index is 0.00102. The lowest BCUT2D eigenvalue weighted by Crippen LogP contribution is -2.36. The Bertz CT molecular complexity index is 472. The molecule has 0 heterocycles. The molecule has 1 rings (SSSR count). The summed E-state index contributed by atoms with van der Waals surface area (Å²) in [7, 11) is 0.375. The fourth-order valence-corrected chi connectivity index (χ4v) is 2.73. The van der Waals surface area contributed by atoms with Crippen molar-refractivity contribution in [2.75, 3.05) is 18.5 Å². The zero-order valence-electron chi connectivity index (χ0n) is 11.3. The Morgan fingerprint density at radius 1 is 1.44 bits per heavy atom. The van der Waals surface area contributed by atoms with E-state index in [1.807, 2.05) is 20.8 Å². The van der Waals surface area contributed by atoms with E-state index in [0.29, 0.717) is 10.6 Å². The van der Waals surface area contributed by atoms with Crippen LogP contribution >= 0.6 is 0 Å². The Hall–Kier alpha value is -1.36. The molecule has 1 aromatic rings. The molecule has 0 spiro atoms. The van der Waals surface area contributed by atoms with Crippen molar-refractivity contribution < 1.29 is 9.00 Å². The molecule has 0 aliphatic heterocycles. The second kappa shape index (κ2) is 6.00. The van der Waals surface area contributed by atoms with E-state index in [-0.39, 0.29) is 17.7 Å². The van der Waals surface area contributed by atoms with Crippen LogP contribution in [0.3, 0.4) is 0 Å². The summed E-state index contributed by atoms with van der Waals surface area (Å²) in [5.74, 6) is -0.121. The molecule has 0 saturated heterocycles. The Morgan fingerprint density at radius 3 is 2.61 bits per heavy atom. The summed E-state index contributed by atoms with van der Waals surface area (Å²) in [6.45, 7) is 5.67. The monoisotopic (exact) mass is 268 g/mol. The molecule has 1 atom stereocenters. The van der Waals surface area contributed by atoms with Crippen molar-refractivity contribution in [1.82, 2.24) is 4.90 Å². The zero-order chi connectivity index (χ0) is 13.9. The van der Waals surface area contributed by atoms with Crippen LogP contribution in [0.2, 0.25) is 0 Å². The van der Waals surface area contributed by atoms with Crippen molar-refractivity contribution in [3.63, 3.8) is 0 Å². The van der Waals surface area contributed by atoms with Gasteiger partial charge in [-0.25, -0.2) is 0 Å². The van der Waals surface area contributed by atoms with Crippen molar-refractivity contribution in [2.24, 2.45) is 0 Å². The Balaban J connectivity index is 2.83. The van der Waals surface area contributed by atoms with Crippen molar-refractivity contribution in [3.8, 4) is 0 Å². The first kappa shape index (κ1) is 14.7. The predicted molar refractivity (Wildman–Crippen MR) is 74.8 cm³/mol. The fourth-order valence-electron chi connectivity index (χ4n) is 1.46. The molecule has 4 nitrogen and oxygen atoms in total. The van der Waals surface area contributed by atoms with Crippen LogP contribution in [0.1, 0.15) is 19.4 Å². The van der Waals surface area contributed by atoms with E-state index in [2.05, 4.69) is 0 Å². The standard InChI is InChI=1S/C13H20N2O2S/c1-9(2)15(4)13(16)8-18(17)12-7-5-6-11(14)10(12)3/h5-7,9H,8,14H2,1-4H3. The number of hydrogen-bond donors (Lipinski definition) is 1. The van der Waals surface area contributed by atoms with Gasteiger partial charge >= 0.3 is 0 Å². The summed E-state index contributed by atoms with van der Waals surface area (Å²) in [5.41, 5.74) is 7.16. The van der Waals surface area contributed by atoms with E-state index >= 15 is 0 Å². The largest absolute Gasteiger partial charge is 0.398 e. The van der Waals surface area contributed by atoms with Crippen LogP contribution < -0.4 is 5.73 Å². The third-order valence-electron chi connectivity index (χ3n) is 2.99. The van der Waals surface area contributed by atoms with Gasteiger partial charge in [0.15, 0.2) is 0 Å². The van der Waals surface area contributed by atoms with Crippen molar-refractivity contribution in [3.05, 3.63) is 23.8 Å². The molecule has 0 aliphatic carbocycles. The lowest BCUT2D eigenvalue weighted by Gasteiger charge is -2.21. The van der Waals surface area contributed by atoms with Gasteiger partial charge in [0.25, 0.3) is 0 Å². The minimum atomic E-state index is -1.34. The lowest BCUT2D eigenvalue weighted by atomic mass is 10.2. The normalized spacial score (nSPS) is 12.5. The van der Waals surface area contributed by atoms with E-state index in [1.165, 1.54) is 0 Å². The van der Waals surface area contributed by atoms with Crippen LogP contribution in [0.4, 0.5) is 5.69 Å². The smallest absolute Gasteiger partial charge is 0.235 e. The van der Waals surface area contributed by atoms with E-state index in [1.54, 1.807) is 30.1 Å². The van der Waals surface area contributed by atoms with Gasteiger partial charge in [-0.1, -0.05) is 6.07 Å². The number of nitrogens with two attached hydrogens (primary N) is 1. The molecule has 0 fully saturated rings. The molecule has 1 amide bonds. The molecule has 2 N–H and O–H groups in total. The van der Waals surface area contributed by atoms with Gasteiger partial charge in [-0.05, 0) is 38.5 Å². The first-order valence-electron chi connectivity index (χ1n) is 5.83. The Kier molecular flexibility index (Phi) is 4.90. The summed E-state index contributed by atoms with van der Waals surface area (Å²) in [5, 5.41) is 0. The number of rotatable bonds is 4. The third kappa shape index (κ3) is 3.32. The summed E-state index contributed by atoms with van der Waals surface area (Å²) in [6.07, 6.45) is 0. The first-order chi connectivity index (χ1) is 8.34. The van der Waals surface area contributed by atoms with Gasteiger partial charge in [0, 0.05) is 23.7 Å². The highest BCUT2D eigenvalue weighted by atomic mass is 32.2. The van der Waals surface area contributed by atoms with Crippen molar-refractivity contribution in [1.29, 1.82) is 0 Å². The Labute approximate surface area is 111 Å². The van der Waals surface area contributed by atoms with Gasteiger partial charge in [0.1, 0.15) is 5.75 Å². The summed E-state index contributed by atoms with van der Waals surface area (Å²) >= 11 is 0. The fraction of sp³-hybridized carbons (Fsp3) is 0.462. The number of carbonyl (C=O) groups is 1. The van der Waals surface area contributed by atoms with E-state index in [9.17, 15) is 9.00 Å².